The van der Waals surface area contributed by atoms with E-state index in [2.05, 4.69) is 48.7 Å². The fourth-order valence-electron chi connectivity index (χ4n) is 2.98. The van der Waals surface area contributed by atoms with Crippen molar-refractivity contribution in [3.8, 4) is 0 Å². The molecule has 2 aromatic rings. The van der Waals surface area contributed by atoms with Crippen LogP contribution in [0.1, 0.15) is 25.0 Å². The van der Waals surface area contributed by atoms with Crippen LogP contribution >= 0.6 is 15.9 Å². The zero-order valence-electron chi connectivity index (χ0n) is 11.1. The maximum Gasteiger partial charge on any atom is 0.137 e. The lowest BCUT2D eigenvalue weighted by molar-refractivity contribution is 0.164. The van der Waals surface area contributed by atoms with Crippen molar-refractivity contribution >= 4 is 21.6 Å². The predicted octanol–water partition coefficient (Wildman–Crippen LogP) is 3.33. The number of fused-ring (bicyclic) bond motifs is 1. The molecule has 0 radical (unpaired) electrons. The molecule has 0 N–H and O–H groups in total. The average Bonchev–Trinajstić information content (AvgIpc) is 2.81. The first kappa shape index (κ1) is 13.1. The van der Waals surface area contributed by atoms with Gasteiger partial charge in [0.2, 0.25) is 0 Å². The summed E-state index contributed by atoms with van der Waals surface area (Å²) in [5.41, 5.74) is 2.23. The van der Waals surface area contributed by atoms with Gasteiger partial charge in [-0.3, -0.25) is 4.90 Å². The van der Waals surface area contributed by atoms with E-state index in [0.29, 0.717) is 0 Å². The van der Waals surface area contributed by atoms with Crippen LogP contribution in [0.2, 0.25) is 0 Å². The summed E-state index contributed by atoms with van der Waals surface area (Å²) in [6.07, 6.45) is 8.22. The Bertz CT molecular complexity index is 502. The molecule has 0 spiro atoms. The van der Waals surface area contributed by atoms with Crippen LogP contribution in [-0.2, 0) is 6.54 Å². The molecule has 19 heavy (non-hydrogen) atoms. The summed E-state index contributed by atoms with van der Waals surface area (Å²) in [7, 11) is 0. The maximum absolute atomic E-state index is 4.69. The van der Waals surface area contributed by atoms with Crippen LogP contribution in [0.5, 0.6) is 0 Å². The minimum absolute atomic E-state index is 0.852. The van der Waals surface area contributed by atoms with Gasteiger partial charge < -0.3 is 4.40 Å². The molecule has 1 saturated heterocycles. The van der Waals surface area contributed by atoms with Gasteiger partial charge in [-0.15, -0.1) is 0 Å². The van der Waals surface area contributed by atoms with Crippen LogP contribution < -0.4 is 0 Å². The van der Waals surface area contributed by atoms with Gasteiger partial charge in [0.25, 0.3) is 0 Å². The van der Waals surface area contributed by atoms with Gasteiger partial charge >= 0.3 is 0 Å². The van der Waals surface area contributed by atoms with Gasteiger partial charge in [-0.25, -0.2) is 4.98 Å². The molecule has 1 aliphatic heterocycles. The number of likely N-dealkylation sites (tertiary alicyclic amines) is 1. The number of aromatic nitrogens is 2. The molecule has 3 heterocycles. The van der Waals surface area contributed by atoms with Crippen LogP contribution in [0.4, 0.5) is 0 Å². The zero-order valence-corrected chi connectivity index (χ0v) is 12.7. The topological polar surface area (TPSA) is 20.5 Å². The number of rotatable bonds is 4. The quantitative estimate of drug-likeness (QED) is 0.805. The third-order valence-electron chi connectivity index (χ3n) is 3.92. The van der Waals surface area contributed by atoms with Crippen molar-refractivity contribution in [3.05, 3.63) is 36.3 Å². The predicted molar refractivity (Wildman–Crippen MR) is 81.6 cm³/mol. The molecule has 0 bridgehead atoms. The molecular weight excluding hydrogens is 302 g/mol. The molecule has 102 valence electrons. The van der Waals surface area contributed by atoms with Crippen molar-refractivity contribution in [2.45, 2.75) is 25.8 Å². The lowest BCUT2D eigenvalue weighted by Gasteiger charge is -2.31. The Morgan fingerprint density at radius 3 is 3.16 bits per heavy atom. The first-order chi connectivity index (χ1) is 9.35. The number of nitrogens with zero attached hydrogens (tertiary/aromatic N) is 3. The number of imidazole rings is 1. The summed E-state index contributed by atoms with van der Waals surface area (Å²) in [5.74, 6) is 0.852. The summed E-state index contributed by atoms with van der Waals surface area (Å²) in [6, 6.07) is 6.15. The fourth-order valence-corrected chi connectivity index (χ4v) is 3.62. The second-order valence-corrected chi connectivity index (χ2v) is 6.21. The second kappa shape index (κ2) is 6.06. The molecule has 3 rings (SSSR count). The molecular formula is C15H20BrN3. The normalized spacial score (nSPS) is 21.0. The first-order valence-electron chi connectivity index (χ1n) is 7.06. The number of halogens is 1. The van der Waals surface area contributed by atoms with Crippen molar-refractivity contribution in [1.82, 2.24) is 14.3 Å². The Morgan fingerprint density at radius 2 is 2.32 bits per heavy atom. The molecule has 0 saturated carbocycles. The molecule has 0 aromatic carbocycles. The van der Waals surface area contributed by atoms with Gasteiger partial charge in [0.1, 0.15) is 5.65 Å². The summed E-state index contributed by atoms with van der Waals surface area (Å²) in [5, 5.41) is 1.12. The Kier molecular flexibility index (Phi) is 4.18. The van der Waals surface area contributed by atoms with Crippen LogP contribution in [0.15, 0.2) is 30.6 Å². The number of alkyl halides is 1. The molecule has 1 aliphatic rings. The highest BCUT2D eigenvalue weighted by Gasteiger charge is 2.20. The summed E-state index contributed by atoms with van der Waals surface area (Å²) >= 11 is 3.56. The largest absolute Gasteiger partial charge is 0.307 e. The average molecular weight is 322 g/mol. The van der Waals surface area contributed by atoms with Crippen molar-refractivity contribution in [1.29, 1.82) is 0 Å². The number of piperidine rings is 1. The lowest BCUT2D eigenvalue weighted by Crippen LogP contribution is -2.35. The third-order valence-corrected chi connectivity index (χ3v) is 4.38. The van der Waals surface area contributed by atoms with Crippen LogP contribution in [0, 0.1) is 5.92 Å². The van der Waals surface area contributed by atoms with Crippen LogP contribution in [-0.4, -0.2) is 32.7 Å². The lowest BCUT2D eigenvalue weighted by atomic mass is 9.95. The molecule has 3 nitrogen and oxygen atoms in total. The van der Waals surface area contributed by atoms with E-state index in [-0.39, 0.29) is 0 Å². The Hall–Kier alpha value is -0.870. The summed E-state index contributed by atoms with van der Waals surface area (Å²) < 4.78 is 2.11. The van der Waals surface area contributed by atoms with Gasteiger partial charge in [-0.1, -0.05) is 22.0 Å². The minimum Gasteiger partial charge on any atom is -0.307 e. The highest BCUT2D eigenvalue weighted by molar-refractivity contribution is 9.09. The monoisotopic (exact) mass is 321 g/mol. The van der Waals surface area contributed by atoms with Crippen LogP contribution in [0.3, 0.4) is 0 Å². The van der Waals surface area contributed by atoms with E-state index < -0.39 is 0 Å². The van der Waals surface area contributed by atoms with Crippen molar-refractivity contribution in [2.75, 3.05) is 18.4 Å². The summed E-state index contributed by atoms with van der Waals surface area (Å²) in [4.78, 5) is 7.24. The van der Waals surface area contributed by atoms with E-state index in [1.807, 2.05) is 12.1 Å². The summed E-state index contributed by atoms with van der Waals surface area (Å²) in [6.45, 7) is 3.42. The first-order valence-corrected chi connectivity index (χ1v) is 8.18. The van der Waals surface area contributed by atoms with E-state index in [0.717, 1.165) is 23.4 Å². The standard InChI is InChI=1S/C15H20BrN3/c16-7-6-13-4-3-8-18(10-13)11-14-12-19-9-2-1-5-15(19)17-14/h1-2,5,9,12-13H,3-4,6-8,10-11H2. The van der Waals surface area contributed by atoms with E-state index in [1.165, 1.54) is 38.0 Å². The Labute approximate surface area is 122 Å². The molecule has 1 fully saturated rings. The molecule has 0 aliphatic carbocycles. The third kappa shape index (κ3) is 3.18. The zero-order chi connectivity index (χ0) is 13.1. The van der Waals surface area contributed by atoms with Gasteiger partial charge in [0, 0.05) is 30.8 Å². The highest BCUT2D eigenvalue weighted by Crippen LogP contribution is 2.21. The van der Waals surface area contributed by atoms with E-state index >= 15 is 0 Å². The van der Waals surface area contributed by atoms with E-state index in [9.17, 15) is 0 Å². The van der Waals surface area contributed by atoms with Gasteiger partial charge in [0.05, 0.1) is 5.69 Å². The Balaban J connectivity index is 1.67. The van der Waals surface area contributed by atoms with Gasteiger partial charge in [-0.2, -0.15) is 0 Å². The van der Waals surface area contributed by atoms with Crippen molar-refractivity contribution in [3.63, 3.8) is 0 Å². The fraction of sp³-hybridized carbons (Fsp3) is 0.533. The smallest absolute Gasteiger partial charge is 0.137 e. The highest BCUT2D eigenvalue weighted by atomic mass is 79.9. The molecule has 1 unspecified atom stereocenters. The minimum atomic E-state index is 0.852. The van der Waals surface area contributed by atoms with E-state index in [4.69, 9.17) is 0 Å². The Morgan fingerprint density at radius 1 is 1.37 bits per heavy atom. The van der Waals surface area contributed by atoms with E-state index in [1.54, 1.807) is 0 Å². The number of pyridine rings is 1. The molecule has 2 aromatic heterocycles. The van der Waals surface area contributed by atoms with Crippen LogP contribution in [0.25, 0.3) is 5.65 Å². The molecule has 1 atom stereocenters. The SMILES string of the molecule is BrCCC1CCCN(Cc2cn3ccccc3n2)C1. The number of hydrogen-bond acceptors (Lipinski definition) is 2. The van der Waals surface area contributed by atoms with Crippen molar-refractivity contribution in [2.24, 2.45) is 5.92 Å². The van der Waals surface area contributed by atoms with Crippen molar-refractivity contribution < 1.29 is 0 Å². The maximum atomic E-state index is 4.69. The second-order valence-electron chi connectivity index (χ2n) is 5.42. The van der Waals surface area contributed by atoms with Gasteiger partial charge in [0.15, 0.2) is 0 Å². The molecule has 0 amide bonds. The van der Waals surface area contributed by atoms with Gasteiger partial charge in [-0.05, 0) is 43.9 Å². The molecule has 4 heteroatoms. The number of hydrogen-bond donors (Lipinski definition) is 0.